The smallest absolute Gasteiger partial charge is 0.303 e. The van der Waals surface area contributed by atoms with Crippen LogP contribution in [-0.4, -0.2) is 39.0 Å². The molecule has 0 atom stereocenters. The van der Waals surface area contributed by atoms with Gasteiger partial charge in [-0.1, -0.05) is 30.3 Å². The van der Waals surface area contributed by atoms with Gasteiger partial charge in [-0.15, -0.1) is 0 Å². The first-order valence-corrected chi connectivity index (χ1v) is 10.2. The Morgan fingerprint density at radius 2 is 1.90 bits per heavy atom. The van der Waals surface area contributed by atoms with Crippen molar-refractivity contribution in [2.75, 3.05) is 13.1 Å². The number of hydrogen-bond donors (Lipinski definition) is 1. The van der Waals surface area contributed by atoms with E-state index in [4.69, 9.17) is 14.8 Å². The Bertz CT molecular complexity index is 990. The van der Waals surface area contributed by atoms with Crippen molar-refractivity contribution >= 4 is 5.97 Å². The van der Waals surface area contributed by atoms with Crippen LogP contribution in [0.1, 0.15) is 29.7 Å². The summed E-state index contributed by atoms with van der Waals surface area (Å²) in [5.41, 5.74) is 4.31. The molecule has 2 aromatic carbocycles. The number of carbonyl (C=O) groups is 1. The van der Waals surface area contributed by atoms with E-state index in [0.29, 0.717) is 13.0 Å². The first-order valence-electron chi connectivity index (χ1n) is 10.2. The highest BCUT2D eigenvalue weighted by atomic mass is 16.5. The summed E-state index contributed by atoms with van der Waals surface area (Å²) in [6, 6.07) is 18.0. The summed E-state index contributed by atoms with van der Waals surface area (Å²) in [5.74, 6) is 0.803. The third-order valence-corrected chi connectivity index (χ3v) is 5.24. The largest absolute Gasteiger partial charge is 0.489 e. The number of hydrogen-bond acceptors (Lipinski definition) is 5. The van der Waals surface area contributed by atoms with Crippen molar-refractivity contribution < 1.29 is 14.6 Å². The van der Waals surface area contributed by atoms with Crippen LogP contribution in [0.15, 0.2) is 60.8 Å². The summed E-state index contributed by atoms with van der Waals surface area (Å²) in [6.07, 6.45) is 3.64. The van der Waals surface area contributed by atoms with E-state index in [2.05, 4.69) is 9.88 Å². The highest BCUT2D eigenvalue weighted by Crippen LogP contribution is 2.23. The maximum Gasteiger partial charge on any atom is 0.303 e. The molecule has 6 nitrogen and oxygen atoms in total. The summed E-state index contributed by atoms with van der Waals surface area (Å²) < 4.78 is 5.85. The molecular weight excluding hydrogens is 378 g/mol. The standard InChI is InChI=1S/C24H25N3O3/c28-23(29)7-4-13-27-14-12-22-20(16-27)15-25-24(26-22)19-8-10-21(11-9-19)30-17-18-5-2-1-3-6-18/h1-3,5-6,8-11,15H,4,7,12-14,16-17H2,(H,28,29). The van der Waals surface area contributed by atoms with Gasteiger partial charge in [-0.05, 0) is 42.8 Å². The fourth-order valence-electron chi connectivity index (χ4n) is 3.60. The molecule has 30 heavy (non-hydrogen) atoms. The van der Waals surface area contributed by atoms with E-state index in [1.54, 1.807) is 0 Å². The molecule has 4 rings (SSSR count). The molecule has 2 heterocycles. The van der Waals surface area contributed by atoms with E-state index in [1.807, 2.05) is 60.8 Å². The van der Waals surface area contributed by atoms with Gasteiger partial charge in [0.1, 0.15) is 12.4 Å². The van der Waals surface area contributed by atoms with Crippen LogP contribution in [0.2, 0.25) is 0 Å². The van der Waals surface area contributed by atoms with E-state index in [9.17, 15) is 4.79 Å². The predicted molar refractivity (Wildman–Crippen MR) is 114 cm³/mol. The summed E-state index contributed by atoms with van der Waals surface area (Å²) in [5, 5.41) is 8.79. The first kappa shape index (κ1) is 20.0. The molecule has 1 N–H and O–H groups in total. The molecule has 1 aromatic heterocycles. The average Bonchev–Trinajstić information content (AvgIpc) is 2.78. The van der Waals surface area contributed by atoms with Gasteiger partial charge < -0.3 is 9.84 Å². The van der Waals surface area contributed by atoms with Crippen LogP contribution in [0.4, 0.5) is 0 Å². The van der Waals surface area contributed by atoms with Crippen molar-refractivity contribution in [3.05, 3.63) is 77.6 Å². The Balaban J connectivity index is 1.36. The third-order valence-electron chi connectivity index (χ3n) is 5.24. The lowest BCUT2D eigenvalue weighted by Gasteiger charge is -2.27. The zero-order valence-electron chi connectivity index (χ0n) is 16.8. The number of aromatic nitrogens is 2. The second-order valence-corrected chi connectivity index (χ2v) is 7.49. The van der Waals surface area contributed by atoms with Crippen LogP contribution in [0, 0.1) is 0 Å². The Morgan fingerprint density at radius 1 is 1.10 bits per heavy atom. The molecule has 0 aliphatic carbocycles. The van der Waals surface area contributed by atoms with Crippen LogP contribution < -0.4 is 4.74 Å². The van der Waals surface area contributed by atoms with Crippen molar-refractivity contribution in [2.45, 2.75) is 32.4 Å². The summed E-state index contributed by atoms with van der Waals surface area (Å²) in [4.78, 5) is 22.3. The van der Waals surface area contributed by atoms with Gasteiger partial charge in [0.25, 0.3) is 0 Å². The molecule has 6 heteroatoms. The number of nitrogens with zero attached hydrogens (tertiary/aromatic N) is 3. The summed E-state index contributed by atoms with van der Waals surface area (Å²) >= 11 is 0. The third kappa shape index (κ3) is 5.21. The predicted octanol–water partition coefficient (Wildman–Crippen LogP) is 3.95. The van der Waals surface area contributed by atoms with Crippen molar-refractivity contribution in [3.8, 4) is 17.1 Å². The number of carboxylic acid groups (broad SMARTS) is 1. The van der Waals surface area contributed by atoms with Gasteiger partial charge in [0.15, 0.2) is 5.82 Å². The lowest BCUT2D eigenvalue weighted by atomic mass is 10.1. The SMILES string of the molecule is O=C(O)CCCN1CCc2nc(-c3ccc(OCc4ccccc4)cc3)ncc2C1. The quantitative estimate of drug-likeness (QED) is 0.614. The normalized spacial score (nSPS) is 13.6. The van der Waals surface area contributed by atoms with Gasteiger partial charge in [0, 0.05) is 43.3 Å². The number of aliphatic carboxylic acids is 1. The Hall–Kier alpha value is -3.25. The van der Waals surface area contributed by atoms with Crippen molar-refractivity contribution in [1.82, 2.24) is 14.9 Å². The zero-order valence-corrected chi connectivity index (χ0v) is 16.8. The molecule has 0 fully saturated rings. The molecule has 1 aliphatic rings. The molecule has 0 saturated carbocycles. The van der Waals surface area contributed by atoms with E-state index in [-0.39, 0.29) is 6.42 Å². The van der Waals surface area contributed by atoms with Crippen LogP contribution in [0.5, 0.6) is 5.75 Å². The number of carboxylic acids is 1. The zero-order chi connectivity index (χ0) is 20.8. The van der Waals surface area contributed by atoms with Crippen molar-refractivity contribution in [1.29, 1.82) is 0 Å². The van der Waals surface area contributed by atoms with Gasteiger partial charge in [0.05, 0.1) is 5.69 Å². The average molecular weight is 403 g/mol. The van der Waals surface area contributed by atoms with Crippen molar-refractivity contribution in [3.63, 3.8) is 0 Å². The fourth-order valence-corrected chi connectivity index (χ4v) is 3.60. The van der Waals surface area contributed by atoms with Crippen LogP contribution >= 0.6 is 0 Å². The second kappa shape index (κ2) is 9.50. The number of rotatable bonds is 8. The highest BCUT2D eigenvalue weighted by molar-refractivity contribution is 5.66. The van der Waals surface area contributed by atoms with Crippen LogP contribution in [-0.2, 0) is 24.4 Å². The minimum atomic E-state index is -0.739. The maximum atomic E-state index is 10.7. The minimum Gasteiger partial charge on any atom is -0.489 e. The van der Waals surface area contributed by atoms with E-state index >= 15 is 0 Å². The topological polar surface area (TPSA) is 75.5 Å². The molecule has 0 amide bonds. The van der Waals surface area contributed by atoms with Crippen LogP contribution in [0.3, 0.4) is 0 Å². The fraction of sp³-hybridized carbons (Fsp3) is 0.292. The number of benzene rings is 2. The second-order valence-electron chi connectivity index (χ2n) is 7.49. The molecule has 0 saturated heterocycles. The molecule has 0 radical (unpaired) electrons. The molecule has 154 valence electrons. The van der Waals surface area contributed by atoms with Crippen molar-refractivity contribution in [2.24, 2.45) is 0 Å². The summed E-state index contributed by atoms with van der Waals surface area (Å²) in [7, 11) is 0. The van der Waals surface area contributed by atoms with E-state index in [1.165, 1.54) is 0 Å². The molecule has 1 aliphatic heterocycles. The Kier molecular flexibility index (Phi) is 6.35. The van der Waals surface area contributed by atoms with E-state index < -0.39 is 5.97 Å². The molecule has 0 unspecified atom stereocenters. The van der Waals surface area contributed by atoms with Gasteiger partial charge in [-0.2, -0.15) is 0 Å². The van der Waals surface area contributed by atoms with Gasteiger partial charge in [-0.3, -0.25) is 9.69 Å². The lowest BCUT2D eigenvalue weighted by molar-refractivity contribution is -0.137. The summed E-state index contributed by atoms with van der Waals surface area (Å²) in [6.45, 7) is 3.01. The Labute approximate surface area is 176 Å². The Morgan fingerprint density at radius 3 is 2.67 bits per heavy atom. The van der Waals surface area contributed by atoms with Gasteiger partial charge >= 0.3 is 5.97 Å². The first-order chi connectivity index (χ1) is 14.7. The van der Waals surface area contributed by atoms with E-state index in [0.717, 1.165) is 60.0 Å². The van der Waals surface area contributed by atoms with Gasteiger partial charge in [0.2, 0.25) is 0 Å². The molecular formula is C24H25N3O3. The lowest BCUT2D eigenvalue weighted by Crippen LogP contribution is -2.32. The van der Waals surface area contributed by atoms with Crippen LogP contribution in [0.25, 0.3) is 11.4 Å². The maximum absolute atomic E-state index is 10.7. The highest BCUT2D eigenvalue weighted by Gasteiger charge is 2.18. The monoisotopic (exact) mass is 403 g/mol. The molecule has 0 bridgehead atoms. The number of ether oxygens (including phenoxy) is 1. The number of fused-ring (bicyclic) bond motifs is 1. The minimum absolute atomic E-state index is 0.212. The molecule has 0 spiro atoms. The molecule has 3 aromatic rings. The van der Waals surface area contributed by atoms with Gasteiger partial charge in [-0.25, -0.2) is 9.97 Å².